The van der Waals surface area contributed by atoms with Gasteiger partial charge in [0, 0.05) is 6.04 Å². The van der Waals surface area contributed by atoms with Gasteiger partial charge in [0.05, 0.1) is 18.3 Å². The highest BCUT2D eigenvalue weighted by molar-refractivity contribution is 5.93. The van der Waals surface area contributed by atoms with E-state index in [2.05, 4.69) is 24.1 Å². The van der Waals surface area contributed by atoms with E-state index in [-0.39, 0.29) is 18.1 Å². The van der Waals surface area contributed by atoms with Gasteiger partial charge in [0.1, 0.15) is 5.60 Å². The van der Waals surface area contributed by atoms with Crippen molar-refractivity contribution in [3.63, 3.8) is 0 Å². The number of nitrogens with one attached hydrogen (secondary N) is 1. The zero-order valence-electron chi connectivity index (χ0n) is 15.7. The summed E-state index contributed by atoms with van der Waals surface area (Å²) in [7, 11) is 0. The highest BCUT2D eigenvalue weighted by Gasteiger charge is 2.30. The normalized spacial score (nSPS) is 25.4. The van der Waals surface area contributed by atoms with Gasteiger partial charge in [0.15, 0.2) is 0 Å². The number of rotatable bonds is 6. The molecule has 1 saturated carbocycles. The van der Waals surface area contributed by atoms with Crippen LogP contribution in [0.5, 0.6) is 0 Å². The fraction of sp³-hybridized carbons (Fsp3) is 0.684. The van der Waals surface area contributed by atoms with Crippen LogP contribution in [0.15, 0.2) is 29.3 Å². The summed E-state index contributed by atoms with van der Waals surface area (Å²) in [6.07, 6.45) is 14.0. The van der Waals surface area contributed by atoms with E-state index in [0.29, 0.717) is 18.2 Å². The first-order valence-corrected chi connectivity index (χ1v) is 9.26. The molecule has 2 atom stereocenters. The molecular formula is C19H33N5O. The summed E-state index contributed by atoms with van der Waals surface area (Å²) in [6.45, 7) is 6.11. The Morgan fingerprint density at radius 1 is 1.24 bits per heavy atom. The molecule has 0 spiro atoms. The largest absolute Gasteiger partial charge is 0.453 e. The molecule has 140 valence electrons. The van der Waals surface area contributed by atoms with Gasteiger partial charge >= 0.3 is 0 Å². The Morgan fingerprint density at radius 2 is 1.88 bits per heavy atom. The highest BCUT2D eigenvalue weighted by Crippen LogP contribution is 2.21. The van der Waals surface area contributed by atoms with E-state index in [1.165, 1.54) is 19.3 Å². The van der Waals surface area contributed by atoms with E-state index in [0.717, 1.165) is 12.8 Å². The monoisotopic (exact) mass is 347 g/mol. The molecule has 5 N–H and O–H groups in total. The molecule has 2 unspecified atom stereocenters. The van der Waals surface area contributed by atoms with Crippen molar-refractivity contribution >= 4 is 11.7 Å². The topological polar surface area (TPSA) is 101 Å². The molecule has 2 aliphatic rings. The fourth-order valence-corrected chi connectivity index (χ4v) is 3.34. The molecule has 0 radical (unpaired) electrons. The summed E-state index contributed by atoms with van der Waals surface area (Å²) in [5.41, 5.74) is 5.54. The number of allylic oxidation sites excluding steroid dienone is 2. The summed E-state index contributed by atoms with van der Waals surface area (Å²) in [4.78, 5) is 4.49. The van der Waals surface area contributed by atoms with Crippen LogP contribution in [0.2, 0.25) is 0 Å². The predicted molar refractivity (Wildman–Crippen MR) is 104 cm³/mol. The quantitative estimate of drug-likeness (QED) is 0.298. The lowest BCUT2D eigenvalue weighted by molar-refractivity contribution is 0.149. The first-order valence-electron chi connectivity index (χ1n) is 9.26. The zero-order chi connectivity index (χ0) is 18.4. The van der Waals surface area contributed by atoms with Crippen molar-refractivity contribution in [2.45, 2.75) is 70.6 Å². The lowest BCUT2D eigenvalue weighted by Crippen LogP contribution is -2.51. The van der Waals surface area contributed by atoms with Gasteiger partial charge in [-0.3, -0.25) is 5.84 Å². The van der Waals surface area contributed by atoms with Crippen LogP contribution >= 0.6 is 0 Å². The van der Waals surface area contributed by atoms with Crippen molar-refractivity contribution in [3.8, 4) is 0 Å². The van der Waals surface area contributed by atoms with Crippen LogP contribution in [0.3, 0.4) is 0 Å². The molecule has 0 aliphatic heterocycles. The minimum absolute atomic E-state index is 0.0782. The molecule has 0 aromatic heterocycles. The molecule has 2 aliphatic carbocycles. The second-order valence-electron chi connectivity index (χ2n) is 7.64. The SMILES string of the molecule is CC1C=CC=CC1N(N)CC(=N)C(C)(C)OC(N)=NC1CCCCC1. The standard InChI is InChI=1S/C19H33N5O/c1-14-9-7-8-12-16(14)24(22)13-17(20)19(2,3)25-18(21)23-15-10-5-4-6-11-15/h7-9,12,14-16,20H,4-6,10-11,13,22H2,1-3H3,(H2,21,23). The lowest BCUT2D eigenvalue weighted by Gasteiger charge is -2.34. The van der Waals surface area contributed by atoms with Gasteiger partial charge in [-0.15, -0.1) is 0 Å². The Morgan fingerprint density at radius 3 is 2.52 bits per heavy atom. The first-order chi connectivity index (χ1) is 11.8. The van der Waals surface area contributed by atoms with Gasteiger partial charge in [0.2, 0.25) is 0 Å². The summed E-state index contributed by atoms with van der Waals surface area (Å²) < 4.78 is 5.81. The van der Waals surface area contributed by atoms with Crippen LogP contribution in [-0.2, 0) is 4.74 Å². The number of hydrazine groups is 1. The van der Waals surface area contributed by atoms with Gasteiger partial charge in [-0.25, -0.2) is 10.0 Å². The van der Waals surface area contributed by atoms with Gasteiger partial charge < -0.3 is 15.9 Å². The first kappa shape index (κ1) is 19.7. The van der Waals surface area contributed by atoms with Crippen LogP contribution in [0.25, 0.3) is 0 Å². The maximum atomic E-state index is 8.42. The number of ether oxygens (including phenoxy) is 1. The van der Waals surface area contributed by atoms with E-state index in [4.69, 9.17) is 21.7 Å². The number of aliphatic imine (C=N–C) groups is 1. The Hall–Kier alpha value is -1.66. The molecular weight excluding hydrogens is 314 g/mol. The van der Waals surface area contributed by atoms with E-state index in [1.54, 1.807) is 5.01 Å². The van der Waals surface area contributed by atoms with Gasteiger partial charge in [-0.2, -0.15) is 0 Å². The second-order valence-corrected chi connectivity index (χ2v) is 7.64. The number of hydrogen-bond donors (Lipinski definition) is 3. The Balaban J connectivity index is 1.91. The minimum Gasteiger partial charge on any atom is -0.453 e. The predicted octanol–water partition coefficient (Wildman–Crippen LogP) is 2.76. The molecule has 0 amide bonds. The molecule has 6 heteroatoms. The second kappa shape index (κ2) is 8.63. The molecule has 25 heavy (non-hydrogen) atoms. The number of hydrogen-bond acceptors (Lipinski definition) is 5. The molecule has 0 bridgehead atoms. The number of amidine groups is 1. The third-order valence-corrected chi connectivity index (χ3v) is 5.07. The molecule has 6 nitrogen and oxygen atoms in total. The number of nitrogens with zero attached hydrogens (tertiary/aromatic N) is 2. The van der Waals surface area contributed by atoms with Gasteiger partial charge in [0.25, 0.3) is 6.02 Å². The highest BCUT2D eigenvalue weighted by atomic mass is 16.5. The van der Waals surface area contributed by atoms with Gasteiger partial charge in [-0.05, 0) is 32.6 Å². The van der Waals surface area contributed by atoms with Gasteiger partial charge in [-0.1, -0.05) is 50.5 Å². The van der Waals surface area contributed by atoms with E-state index >= 15 is 0 Å². The molecule has 0 aromatic rings. The molecule has 0 saturated heterocycles. The molecule has 0 heterocycles. The van der Waals surface area contributed by atoms with Crippen molar-refractivity contribution in [1.29, 1.82) is 5.41 Å². The van der Waals surface area contributed by atoms with E-state index in [9.17, 15) is 0 Å². The zero-order valence-corrected chi connectivity index (χ0v) is 15.7. The fourth-order valence-electron chi connectivity index (χ4n) is 3.34. The van der Waals surface area contributed by atoms with Crippen molar-refractivity contribution in [2.24, 2.45) is 22.5 Å². The van der Waals surface area contributed by atoms with Crippen molar-refractivity contribution < 1.29 is 4.74 Å². The van der Waals surface area contributed by atoms with Crippen LogP contribution < -0.4 is 11.6 Å². The average molecular weight is 348 g/mol. The van der Waals surface area contributed by atoms with E-state index < -0.39 is 5.60 Å². The van der Waals surface area contributed by atoms with Crippen LogP contribution in [-0.4, -0.2) is 41.0 Å². The Labute approximate surface area is 151 Å². The molecule has 2 rings (SSSR count). The van der Waals surface area contributed by atoms with Crippen LogP contribution in [0, 0.1) is 11.3 Å². The van der Waals surface area contributed by atoms with Crippen molar-refractivity contribution in [3.05, 3.63) is 24.3 Å². The Bertz CT molecular complexity index is 546. The average Bonchev–Trinajstić information content (AvgIpc) is 2.55. The Kier molecular flexibility index (Phi) is 6.79. The third-order valence-electron chi connectivity index (χ3n) is 5.07. The summed E-state index contributed by atoms with van der Waals surface area (Å²) >= 11 is 0. The number of nitrogens with two attached hydrogens (primary N) is 2. The summed E-state index contributed by atoms with van der Waals surface area (Å²) in [5, 5.41) is 10.1. The smallest absolute Gasteiger partial charge is 0.283 e. The lowest BCUT2D eigenvalue weighted by atomic mass is 9.95. The summed E-state index contributed by atoms with van der Waals surface area (Å²) in [6, 6.07) is 0.512. The molecule has 0 aromatic carbocycles. The molecule has 1 fully saturated rings. The maximum Gasteiger partial charge on any atom is 0.283 e. The third kappa shape index (κ3) is 5.68. The van der Waals surface area contributed by atoms with Crippen molar-refractivity contribution in [2.75, 3.05) is 6.54 Å². The summed E-state index contributed by atoms with van der Waals surface area (Å²) in [5.74, 6) is 6.52. The van der Waals surface area contributed by atoms with Crippen LogP contribution in [0.4, 0.5) is 0 Å². The van der Waals surface area contributed by atoms with E-state index in [1.807, 2.05) is 26.0 Å². The van der Waals surface area contributed by atoms with Crippen LogP contribution in [0.1, 0.15) is 52.9 Å². The maximum absolute atomic E-state index is 8.42. The van der Waals surface area contributed by atoms with Crippen molar-refractivity contribution in [1.82, 2.24) is 5.01 Å². The minimum atomic E-state index is -0.836.